The molecule has 0 aliphatic carbocycles. The van der Waals surface area contributed by atoms with Crippen LogP contribution in [0, 0.1) is 6.92 Å². The molecule has 2 nitrogen and oxygen atoms in total. The zero-order valence-corrected chi connectivity index (χ0v) is 12.0. The average Bonchev–Trinajstić information content (AvgIpc) is 2.39. The molecule has 0 saturated carbocycles. The molecule has 2 aromatic rings. The topological polar surface area (TPSA) is 52.0 Å². The molecule has 0 unspecified atom stereocenters. The number of hydrogen-bond acceptors (Lipinski definition) is 3. The number of nitrogens with two attached hydrogens (primary N) is 2. The van der Waals surface area contributed by atoms with E-state index in [1.165, 1.54) is 16.0 Å². The predicted octanol–water partition coefficient (Wildman–Crippen LogP) is 3.88. The summed E-state index contributed by atoms with van der Waals surface area (Å²) in [6, 6.07) is 14.2. The molecule has 0 aliphatic heterocycles. The lowest BCUT2D eigenvalue weighted by Crippen LogP contribution is -1.93. The molecule has 0 aliphatic rings. The maximum Gasteiger partial charge on any atom is 0.0354 e. The first-order valence-electron chi connectivity index (χ1n) is 6.49. The van der Waals surface area contributed by atoms with Crippen molar-refractivity contribution in [1.29, 1.82) is 0 Å². The van der Waals surface area contributed by atoms with E-state index in [1.807, 2.05) is 36.0 Å². The van der Waals surface area contributed by atoms with Gasteiger partial charge in [-0.3, -0.25) is 0 Å². The highest BCUT2D eigenvalue weighted by molar-refractivity contribution is 7.99. The zero-order chi connectivity index (χ0) is 13.7. The minimum absolute atomic E-state index is 0.844. The summed E-state index contributed by atoms with van der Waals surface area (Å²) in [5.74, 6) is 1.10. The first-order valence-corrected chi connectivity index (χ1v) is 7.47. The summed E-state index contributed by atoms with van der Waals surface area (Å²) in [6.07, 6.45) is 2.21. The van der Waals surface area contributed by atoms with E-state index in [1.54, 1.807) is 0 Å². The van der Waals surface area contributed by atoms with Gasteiger partial charge in [-0.05, 0) is 60.9 Å². The van der Waals surface area contributed by atoms with E-state index in [0.717, 1.165) is 30.0 Å². The fourth-order valence-corrected chi connectivity index (χ4v) is 3.01. The van der Waals surface area contributed by atoms with Crippen molar-refractivity contribution in [1.82, 2.24) is 0 Å². The van der Waals surface area contributed by atoms with Crippen molar-refractivity contribution >= 4 is 23.1 Å². The number of rotatable bonds is 5. The van der Waals surface area contributed by atoms with Gasteiger partial charge in [0.15, 0.2) is 0 Å². The standard InChI is InChI=1S/C16H20N2S/c1-12-15(18)8-3-9-16(12)19-10-4-6-13-5-2-7-14(17)11-13/h2-3,5,7-9,11H,4,6,10,17-18H2,1H3. The molecule has 2 rings (SSSR count). The number of thioether (sulfide) groups is 1. The molecule has 100 valence electrons. The van der Waals surface area contributed by atoms with E-state index in [2.05, 4.69) is 25.1 Å². The molecule has 3 heteroatoms. The molecule has 0 atom stereocenters. The maximum atomic E-state index is 5.91. The lowest BCUT2D eigenvalue weighted by Gasteiger charge is -2.08. The van der Waals surface area contributed by atoms with Crippen molar-refractivity contribution in [3.63, 3.8) is 0 Å². The Kier molecular flexibility index (Phi) is 4.74. The molecule has 0 aromatic heterocycles. The Morgan fingerprint density at radius 1 is 1.05 bits per heavy atom. The summed E-state index contributed by atoms with van der Waals surface area (Å²) in [7, 11) is 0. The first-order chi connectivity index (χ1) is 9.16. The van der Waals surface area contributed by atoms with Gasteiger partial charge in [-0.2, -0.15) is 0 Å². The van der Waals surface area contributed by atoms with Crippen LogP contribution in [0.1, 0.15) is 17.5 Å². The molecule has 0 saturated heterocycles. The largest absolute Gasteiger partial charge is 0.399 e. The third kappa shape index (κ3) is 3.93. The summed E-state index contributed by atoms with van der Waals surface area (Å²) in [5.41, 5.74) is 15.9. The van der Waals surface area contributed by atoms with Crippen LogP contribution in [0.15, 0.2) is 47.4 Å². The molecule has 0 heterocycles. The number of benzene rings is 2. The summed E-state index contributed by atoms with van der Waals surface area (Å²) < 4.78 is 0. The molecule has 0 amide bonds. The predicted molar refractivity (Wildman–Crippen MR) is 85.5 cm³/mol. The second-order valence-electron chi connectivity index (χ2n) is 4.67. The lowest BCUT2D eigenvalue weighted by molar-refractivity contribution is 0.933. The Bertz CT molecular complexity index is 552. The minimum Gasteiger partial charge on any atom is -0.399 e. The quantitative estimate of drug-likeness (QED) is 0.493. The molecular weight excluding hydrogens is 252 g/mol. The number of nitrogen functional groups attached to an aromatic ring is 2. The van der Waals surface area contributed by atoms with Gasteiger partial charge in [0, 0.05) is 16.3 Å². The molecule has 0 spiro atoms. The monoisotopic (exact) mass is 272 g/mol. The van der Waals surface area contributed by atoms with E-state index in [0.29, 0.717) is 0 Å². The van der Waals surface area contributed by atoms with Crippen molar-refractivity contribution < 1.29 is 0 Å². The SMILES string of the molecule is Cc1c(N)cccc1SCCCc1cccc(N)c1. The Balaban J connectivity index is 1.82. The Morgan fingerprint density at radius 2 is 1.84 bits per heavy atom. The van der Waals surface area contributed by atoms with E-state index >= 15 is 0 Å². The summed E-state index contributed by atoms with van der Waals surface area (Å²) in [4.78, 5) is 1.28. The third-order valence-electron chi connectivity index (χ3n) is 3.14. The zero-order valence-electron chi connectivity index (χ0n) is 11.2. The number of hydrogen-bond donors (Lipinski definition) is 2. The minimum atomic E-state index is 0.844. The van der Waals surface area contributed by atoms with Crippen LogP contribution in [-0.4, -0.2) is 5.75 Å². The van der Waals surface area contributed by atoms with Crippen molar-refractivity contribution in [2.45, 2.75) is 24.7 Å². The Hall–Kier alpha value is -1.61. The van der Waals surface area contributed by atoms with Crippen LogP contribution < -0.4 is 11.5 Å². The van der Waals surface area contributed by atoms with Gasteiger partial charge in [0.1, 0.15) is 0 Å². The van der Waals surface area contributed by atoms with Crippen LogP contribution in [0.25, 0.3) is 0 Å². The van der Waals surface area contributed by atoms with Gasteiger partial charge in [0.25, 0.3) is 0 Å². The van der Waals surface area contributed by atoms with E-state index in [9.17, 15) is 0 Å². The Labute approximate surface area is 119 Å². The third-order valence-corrected chi connectivity index (χ3v) is 4.39. The second kappa shape index (κ2) is 6.53. The Morgan fingerprint density at radius 3 is 2.63 bits per heavy atom. The molecular formula is C16H20N2S. The van der Waals surface area contributed by atoms with Gasteiger partial charge in [0.2, 0.25) is 0 Å². The molecule has 0 radical (unpaired) electrons. The van der Waals surface area contributed by atoms with Crippen molar-refractivity contribution in [2.75, 3.05) is 17.2 Å². The highest BCUT2D eigenvalue weighted by Gasteiger charge is 2.02. The van der Waals surface area contributed by atoms with Gasteiger partial charge >= 0.3 is 0 Å². The van der Waals surface area contributed by atoms with Crippen LogP contribution in [0.4, 0.5) is 11.4 Å². The second-order valence-corrected chi connectivity index (χ2v) is 5.80. The summed E-state index contributed by atoms with van der Waals surface area (Å²) >= 11 is 1.87. The fourth-order valence-electron chi connectivity index (χ4n) is 1.99. The molecule has 0 fully saturated rings. The fraction of sp³-hybridized carbons (Fsp3) is 0.250. The highest BCUT2D eigenvalue weighted by Crippen LogP contribution is 2.26. The number of aryl methyl sites for hydroxylation is 1. The summed E-state index contributed by atoms with van der Waals surface area (Å²) in [6.45, 7) is 2.08. The van der Waals surface area contributed by atoms with Crippen LogP contribution >= 0.6 is 11.8 Å². The maximum absolute atomic E-state index is 5.91. The van der Waals surface area contributed by atoms with E-state index in [-0.39, 0.29) is 0 Å². The van der Waals surface area contributed by atoms with E-state index in [4.69, 9.17) is 11.5 Å². The summed E-state index contributed by atoms with van der Waals surface area (Å²) in [5, 5.41) is 0. The van der Waals surface area contributed by atoms with Crippen LogP contribution in [0.3, 0.4) is 0 Å². The molecule has 4 N–H and O–H groups in total. The average molecular weight is 272 g/mol. The van der Waals surface area contributed by atoms with Crippen LogP contribution in [-0.2, 0) is 6.42 Å². The van der Waals surface area contributed by atoms with Gasteiger partial charge in [-0.25, -0.2) is 0 Å². The first kappa shape index (κ1) is 13.8. The van der Waals surface area contributed by atoms with Gasteiger partial charge < -0.3 is 11.5 Å². The van der Waals surface area contributed by atoms with Crippen LogP contribution in [0.5, 0.6) is 0 Å². The van der Waals surface area contributed by atoms with Crippen molar-refractivity contribution in [2.24, 2.45) is 0 Å². The van der Waals surface area contributed by atoms with Crippen LogP contribution in [0.2, 0.25) is 0 Å². The van der Waals surface area contributed by atoms with Crippen molar-refractivity contribution in [3.8, 4) is 0 Å². The lowest BCUT2D eigenvalue weighted by atomic mass is 10.1. The van der Waals surface area contributed by atoms with Gasteiger partial charge in [-0.15, -0.1) is 11.8 Å². The molecule has 0 bridgehead atoms. The van der Waals surface area contributed by atoms with Crippen molar-refractivity contribution in [3.05, 3.63) is 53.6 Å². The smallest absolute Gasteiger partial charge is 0.0354 e. The normalized spacial score (nSPS) is 10.6. The number of anilines is 2. The van der Waals surface area contributed by atoms with Gasteiger partial charge in [-0.1, -0.05) is 18.2 Å². The molecule has 2 aromatic carbocycles. The molecule has 19 heavy (non-hydrogen) atoms. The highest BCUT2D eigenvalue weighted by atomic mass is 32.2. The van der Waals surface area contributed by atoms with E-state index < -0.39 is 0 Å². The van der Waals surface area contributed by atoms with Gasteiger partial charge in [0.05, 0.1) is 0 Å².